The van der Waals surface area contributed by atoms with E-state index in [2.05, 4.69) is 24.9 Å². The number of anilines is 2. The first kappa shape index (κ1) is 27.6. The second-order valence-electron chi connectivity index (χ2n) is 10.8. The minimum atomic E-state index is -4.65. The third-order valence-corrected chi connectivity index (χ3v) is 7.75. The summed E-state index contributed by atoms with van der Waals surface area (Å²) < 4.78 is 49.1. The quantitative estimate of drug-likeness (QED) is 0.480. The lowest BCUT2D eigenvalue weighted by Gasteiger charge is -2.43. The summed E-state index contributed by atoms with van der Waals surface area (Å²) in [6.07, 6.45) is -3.55. The molecule has 39 heavy (non-hydrogen) atoms. The van der Waals surface area contributed by atoms with Gasteiger partial charge in [0.2, 0.25) is 0 Å². The first-order valence-electron chi connectivity index (χ1n) is 13.1. The van der Waals surface area contributed by atoms with Gasteiger partial charge < -0.3 is 20.5 Å². The van der Waals surface area contributed by atoms with Crippen LogP contribution in [0.15, 0.2) is 18.3 Å². The van der Waals surface area contributed by atoms with Crippen LogP contribution in [0.25, 0.3) is 16.9 Å². The average Bonchev–Trinajstić information content (AvgIpc) is 3.23. The molecule has 0 unspecified atom stereocenters. The molecule has 2 fully saturated rings. The maximum absolute atomic E-state index is 14.0. The molecule has 0 aromatic carbocycles. The molecule has 5 rings (SSSR count). The molecule has 10 nitrogen and oxygen atoms in total. The Morgan fingerprint density at radius 2 is 1.74 bits per heavy atom. The van der Waals surface area contributed by atoms with Crippen LogP contribution < -0.4 is 10.6 Å². The molecule has 5 heterocycles. The largest absolute Gasteiger partial charge is 0.417 e. The van der Waals surface area contributed by atoms with Crippen molar-refractivity contribution >= 4 is 17.2 Å². The number of morpholine rings is 1. The Labute approximate surface area is 225 Å². The number of ether oxygens (including phenoxy) is 1. The van der Waals surface area contributed by atoms with Crippen molar-refractivity contribution < 1.29 is 23.0 Å². The number of aromatic nitrogens is 4. The van der Waals surface area contributed by atoms with Gasteiger partial charge in [-0.25, -0.2) is 14.5 Å². The number of aliphatic hydroxyl groups excluding tert-OH is 1. The van der Waals surface area contributed by atoms with Gasteiger partial charge in [-0.1, -0.05) is 0 Å². The Kier molecular flexibility index (Phi) is 7.44. The maximum Gasteiger partial charge on any atom is 0.417 e. The van der Waals surface area contributed by atoms with Crippen LogP contribution in [0, 0.1) is 6.92 Å². The fraction of sp³-hybridized carbons (Fsp3) is 0.577. The van der Waals surface area contributed by atoms with E-state index < -0.39 is 11.7 Å². The molecular weight excluding hydrogens is 513 g/mol. The van der Waals surface area contributed by atoms with Crippen LogP contribution in [-0.4, -0.2) is 99.1 Å². The molecule has 3 aromatic heterocycles. The van der Waals surface area contributed by atoms with E-state index in [1.165, 1.54) is 0 Å². The number of piperazine rings is 1. The van der Waals surface area contributed by atoms with Crippen LogP contribution in [-0.2, 0) is 17.5 Å². The van der Waals surface area contributed by atoms with Crippen molar-refractivity contribution in [3.63, 3.8) is 0 Å². The van der Waals surface area contributed by atoms with Crippen molar-refractivity contribution in [3.05, 3.63) is 35.2 Å². The number of hydrogen-bond acceptors (Lipinski definition) is 9. The standard InChI is InChI=1S/C26H35F3N8O2/c1-17-18(15-34-4-6-36(7-5-34)25(2,3)16-38)12-21-24(35-8-10-39-11-9-35)32-23(33-37(17)21)19-14-31-22(30)13-20(19)26(27,28)29/h12-14,38H,4-11,15-16H2,1-3H3,(H2,30,31). The van der Waals surface area contributed by atoms with Crippen LogP contribution >= 0.6 is 0 Å². The molecule has 0 aliphatic carbocycles. The SMILES string of the molecule is Cc1c(CN2CCN(C(C)(C)CO)CC2)cc2c(N3CCOCC3)nc(-c3cnc(N)cc3C(F)(F)F)nn12. The van der Waals surface area contributed by atoms with E-state index in [1.54, 1.807) is 4.52 Å². The Balaban J connectivity index is 1.53. The molecule has 3 aromatic rings. The van der Waals surface area contributed by atoms with Crippen molar-refractivity contribution in [2.24, 2.45) is 0 Å². The number of alkyl halides is 3. The van der Waals surface area contributed by atoms with Crippen LogP contribution in [0.5, 0.6) is 0 Å². The highest BCUT2D eigenvalue weighted by Gasteiger charge is 2.36. The summed E-state index contributed by atoms with van der Waals surface area (Å²) in [6, 6.07) is 2.86. The lowest BCUT2D eigenvalue weighted by Crippen LogP contribution is -2.55. The zero-order valence-electron chi connectivity index (χ0n) is 22.5. The highest BCUT2D eigenvalue weighted by atomic mass is 19.4. The van der Waals surface area contributed by atoms with E-state index in [9.17, 15) is 18.3 Å². The molecule has 3 N–H and O–H groups in total. The Morgan fingerprint density at radius 3 is 2.38 bits per heavy atom. The van der Waals surface area contributed by atoms with E-state index in [-0.39, 0.29) is 29.4 Å². The molecule has 2 saturated heterocycles. The number of rotatable bonds is 6. The lowest BCUT2D eigenvalue weighted by atomic mass is 10.0. The van der Waals surface area contributed by atoms with Gasteiger partial charge in [-0.05, 0) is 38.5 Å². The number of nitrogens with zero attached hydrogens (tertiary/aromatic N) is 7. The number of pyridine rings is 1. The highest BCUT2D eigenvalue weighted by molar-refractivity contribution is 5.74. The monoisotopic (exact) mass is 548 g/mol. The van der Waals surface area contributed by atoms with Crippen LogP contribution in [0.4, 0.5) is 24.8 Å². The van der Waals surface area contributed by atoms with Crippen molar-refractivity contribution in [3.8, 4) is 11.4 Å². The van der Waals surface area contributed by atoms with Gasteiger partial charge >= 0.3 is 6.18 Å². The highest BCUT2D eigenvalue weighted by Crippen LogP contribution is 2.37. The summed E-state index contributed by atoms with van der Waals surface area (Å²) in [6.45, 7) is 12.3. The van der Waals surface area contributed by atoms with Crippen LogP contribution in [0.2, 0.25) is 0 Å². The van der Waals surface area contributed by atoms with Crippen LogP contribution in [0.1, 0.15) is 30.7 Å². The summed E-state index contributed by atoms with van der Waals surface area (Å²) in [7, 11) is 0. The van der Waals surface area contributed by atoms with Crippen molar-refractivity contribution in [2.75, 3.05) is 69.7 Å². The molecule has 0 bridgehead atoms. The van der Waals surface area contributed by atoms with Gasteiger partial charge in [0.1, 0.15) is 11.3 Å². The Bertz CT molecular complexity index is 1330. The van der Waals surface area contributed by atoms with Gasteiger partial charge in [0.05, 0.1) is 30.9 Å². The zero-order chi connectivity index (χ0) is 27.9. The van der Waals surface area contributed by atoms with E-state index in [0.29, 0.717) is 38.7 Å². The minimum Gasteiger partial charge on any atom is -0.394 e. The van der Waals surface area contributed by atoms with E-state index in [4.69, 9.17) is 10.5 Å². The van der Waals surface area contributed by atoms with E-state index in [0.717, 1.165) is 55.2 Å². The summed E-state index contributed by atoms with van der Waals surface area (Å²) in [4.78, 5) is 15.2. The summed E-state index contributed by atoms with van der Waals surface area (Å²) in [5.74, 6) is 0.286. The number of aliphatic hydroxyl groups is 1. The minimum absolute atomic E-state index is 0.0612. The molecule has 0 atom stereocenters. The summed E-state index contributed by atoms with van der Waals surface area (Å²) in [5.41, 5.74) is 6.82. The normalized spacial score (nSPS) is 18.3. The molecule has 0 spiro atoms. The first-order valence-corrected chi connectivity index (χ1v) is 13.1. The Morgan fingerprint density at radius 1 is 1.05 bits per heavy atom. The molecule has 212 valence electrons. The van der Waals surface area contributed by atoms with Crippen LogP contribution in [0.3, 0.4) is 0 Å². The predicted octanol–water partition coefficient (Wildman–Crippen LogP) is 2.43. The second kappa shape index (κ2) is 10.5. The molecule has 0 saturated carbocycles. The smallest absolute Gasteiger partial charge is 0.394 e. The number of nitrogen functional groups attached to an aromatic ring is 1. The molecular formula is C26H35F3N8O2. The van der Waals surface area contributed by atoms with Crippen molar-refractivity contribution in [1.82, 2.24) is 29.4 Å². The predicted molar refractivity (Wildman–Crippen MR) is 141 cm³/mol. The third-order valence-electron chi connectivity index (χ3n) is 7.75. The topological polar surface area (TPSA) is 108 Å². The first-order chi connectivity index (χ1) is 18.5. The van der Waals surface area contributed by atoms with Gasteiger partial charge in [0.25, 0.3) is 0 Å². The second-order valence-corrected chi connectivity index (χ2v) is 10.8. The van der Waals surface area contributed by atoms with E-state index >= 15 is 0 Å². The zero-order valence-corrected chi connectivity index (χ0v) is 22.5. The van der Waals surface area contributed by atoms with Gasteiger partial charge in [-0.2, -0.15) is 13.2 Å². The molecule has 0 amide bonds. The Hall–Kier alpha value is -3.00. The molecule has 2 aliphatic heterocycles. The number of nitrogens with two attached hydrogens (primary N) is 1. The average molecular weight is 549 g/mol. The number of fused-ring (bicyclic) bond motifs is 1. The number of aryl methyl sites for hydroxylation is 1. The molecule has 2 aliphatic rings. The van der Waals surface area contributed by atoms with Gasteiger partial charge in [-0.3, -0.25) is 9.80 Å². The fourth-order valence-electron chi connectivity index (χ4n) is 5.23. The van der Waals surface area contributed by atoms with Crippen molar-refractivity contribution in [2.45, 2.75) is 39.0 Å². The lowest BCUT2D eigenvalue weighted by molar-refractivity contribution is -0.137. The third kappa shape index (κ3) is 5.53. The van der Waals surface area contributed by atoms with Gasteiger partial charge in [0, 0.05) is 63.2 Å². The number of hydrogen-bond donors (Lipinski definition) is 2. The van der Waals surface area contributed by atoms with Gasteiger partial charge in [0.15, 0.2) is 11.6 Å². The fourth-order valence-corrected chi connectivity index (χ4v) is 5.23. The maximum atomic E-state index is 14.0. The number of halogens is 3. The van der Waals surface area contributed by atoms with Crippen molar-refractivity contribution in [1.29, 1.82) is 0 Å². The van der Waals surface area contributed by atoms with Gasteiger partial charge in [-0.15, -0.1) is 5.10 Å². The molecule has 0 radical (unpaired) electrons. The molecule has 13 heteroatoms. The summed E-state index contributed by atoms with van der Waals surface area (Å²) in [5, 5.41) is 14.3. The van der Waals surface area contributed by atoms with E-state index in [1.807, 2.05) is 31.7 Å². The summed E-state index contributed by atoms with van der Waals surface area (Å²) >= 11 is 0.